The molecule has 0 N–H and O–H groups in total. The van der Waals surface area contributed by atoms with E-state index in [-0.39, 0.29) is 5.91 Å². The number of benzene rings is 2. The van der Waals surface area contributed by atoms with E-state index >= 15 is 0 Å². The molecule has 0 spiro atoms. The molecule has 1 aliphatic heterocycles. The van der Waals surface area contributed by atoms with E-state index in [2.05, 4.69) is 18.7 Å². The summed E-state index contributed by atoms with van der Waals surface area (Å²) in [6.45, 7) is 8.67. The van der Waals surface area contributed by atoms with Crippen LogP contribution in [0.1, 0.15) is 38.1 Å². The monoisotopic (exact) mass is 508 g/mol. The summed E-state index contributed by atoms with van der Waals surface area (Å²) in [6.07, 6.45) is 0.813. The van der Waals surface area contributed by atoms with Crippen molar-refractivity contribution < 1.29 is 23.2 Å². The van der Waals surface area contributed by atoms with Crippen LogP contribution in [0.25, 0.3) is 0 Å². The fourth-order valence-corrected chi connectivity index (χ4v) is 6.01. The molecule has 0 fully saturated rings. The fourth-order valence-electron chi connectivity index (χ4n) is 4.04. The van der Waals surface area contributed by atoms with Crippen molar-refractivity contribution in [3.05, 3.63) is 47.0 Å². The van der Waals surface area contributed by atoms with Crippen LogP contribution in [-0.4, -0.2) is 61.6 Å². The van der Waals surface area contributed by atoms with E-state index in [0.717, 1.165) is 19.5 Å². The maximum atomic E-state index is 13.6. The third-order valence-electron chi connectivity index (χ3n) is 5.82. The highest BCUT2D eigenvalue weighted by Crippen LogP contribution is 2.47. The lowest BCUT2D eigenvalue weighted by Gasteiger charge is -2.27. The molecular formula is C25H33ClN2O5S. The van der Waals surface area contributed by atoms with Gasteiger partial charge in [0.25, 0.3) is 0 Å². The number of anilines is 1. The van der Waals surface area contributed by atoms with Gasteiger partial charge >= 0.3 is 0 Å². The first-order valence-corrected chi connectivity index (χ1v) is 12.9. The lowest BCUT2D eigenvalue weighted by molar-refractivity contribution is -0.116. The van der Waals surface area contributed by atoms with Crippen LogP contribution in [0, 0.1) is 0 Å². The molecule has 2 aromatic rings. The van der Waals surface area contributed by atoms with E-state index in [1.807, 2.05) is 6.07 Å². The third kappa shape index (κ3) is 5.92. The van der Waals surface area contributed by atoms with Crippen molar-refractivity contribution in [2.45, 2.75) is 43.5 Å². The molecule has 0 saturated carbocycles. The zero-order chi connectivity index (χ0) is 24.8. The maximum Gasteiger partial charge on any atom is 0.225 e. The Morgan fingerprint density at radius 3 is 2.56 bits per heavy atom. The van der Waals surface area contributed by atoms with Gasteiger partial charge in [-0.3, -0.25) is 18.8 Å². The number of methoxy groups -OCH3 is 2. The van der Waals surface area contributed by atoms with Gasteiger partial charge in [0.2, 0.25) is 5.91 Å². The zero-order valence-electron chi connectivity index (χ0n) is 20.4. The Kier molecular flexibility index (Phi) is 9.36. The van der Waals surface area contributed by atoms with Crippen LogP contribution < -0.4 is 14.4 Å². The Hall–Kier alpha value is -2.13. The second-order valence-electron chi connectivity index (χ2n) is 8.38. The number of ether oxygens (including phenoxy) is 3. The van der Waals surface area contributed by atoms with E-state index < -0.39 is 16.2 Å². The molecule has 3 rings (SSSR count). The van der Waals surface area contributed by atoms with Gasteiger partial charge in [-0.1, -0.05) is 11.6 Å². The van der Waals surface area contributed by atoms with Gasteiger partial charge in [-0.2, -0.15) is 0 Å². The molecule has 1 heterocycles. The summed E-state index contributed by atoms with van der Waals surface area (Å²) >= 11 is 6.16. The first kappa shape index (κ1) is 26.5. The number of hydrogen-bond donors (Lipinski definition) is 0. The van der Waals surface area contributed by atoms with Gasteiger partial charge in [0.15, 0.2) is 0 Å². The number of nitrogens with zero attached hydrogens (tertiary/aromatic N) is 2. The van der Waals surface area contributed by atoms with Crippen LogP contribution in [0.15, 0.2) is 41.3 Å². The molecule has 9 heteroatoms. The summed E-state index contributed by atoms with van der Waals surface area (Å²) in [4.78, 5) is 17.1. The smallest absolute Gasteiger partial charge is 0.225 e. The molecule has 34 heavy (non-hydrogen) atoms. The standard InChI is InChI=1S/C25H33ClN2O5S/c1-17(2)27(12-14-31-4)11-6-13-33-23-10-8-20(32-5)16-21(23)25-28(18(3)29)22-9-7-19(26)15-24(22)34(25)30/h7-10,15-17,25H,6,11-14H2,1-5H3. The largest absolute Gasteiger partial charge is 0.497 e. The molecule has 186 valence electrons. The molecule has 7 nitrogen and oxygen atoms in total. The average Bonchev–Trinajstić information content (AvgIpc) is 3.10. The molecule has 0 radical (unpaired) electrons. The van der Waals surface area contributed by atoms with Gasteiger partial charge in [-0.15, -0.1) is 0 Å². The van der Waals surface area contributed by atoms with E-state index in [0.29, 0.717) is 51.9 Å². The number of halogens is 1. The number of hydrogen-bond acceptors (Lipinski definition) is 6. The lowest BCUT2D eigenvalue weighted by Crippen LogP contribution is -2.35. The average molecular weight is 509 g/mol. The van der Waals surface area contributed by atoms with Crippen LogP contribution >= 0.6 is 11.6 Å². The fraction of sp³-hybridized carbons (Fsp3) is 0.480. The summed E-state index contributed by atoms with van der Waals surface area (Å²) < 4.78 is 30.4. The molecule has 0 aliphatic carbocycles. The molecule has 2 aromatic carbocycles. The van der Waals surface area contributed by atoms with Crippen LogP contribution in [0.4, 0.5) is 5.69 Å². The van der Waals surface area contributed by atoms with Gasteiger partial charge < -0.3 is 14.2 Å². The number of fused-ring (bicyclic) bond motifs is 1. The minimum atomic E-state index is -1.53. The van der Waals surface area contributed by atoms with Crippen LogP contribution in [0.2, 0.25) is 5.02 Å². The van der Waals surface area contributed by atoms with E-state index in [9.17, 15) is 9.00 Å². The predicted octanol–water partition coefficient (Wildman–Crippen LogP) is 4.65. The van der Waals surface area contributed by atoms with E-state index in [1.54, 1.807) is 49.5 Å². The molecular weight excluding hydrogens is 476 g/mol. The SMILES string of the molecule is COCCN(CCCOc1ccc(OC)cc1C1N(C(C)=O)c2ccc(Cl)cc2S1=O)C(C)C. The van der Waals surface area contributed by atoms with Crippen LogP contribution in [0.5, 0.6) is 11.5 Å². The summed E-state index contributed by atoms with van der Waals surface area (Å²) in [5, 5.41) is -0.258. The number of carbonyl (C=O) groups excluding carboxylic acids is 1. The van der Waals surface area contributed by atoms with Crippen molar-refractivity contribution in [3.8, 4) is 11.5 Å². The number of amides is 1. The summed E-state index contributed by atoms with van der Waals surface area (Å²) in [5.74, 6) is 0.971. The normalized spacial score (nSPS) is 17.4. The molecule has 0 bridgehead atoms. The van der Waals surface area contributed by atoms with Crippen molar-refractivity contribution in [1.82, 2.24) is 4.90 Å². The van der Waals surface area contributed by atoms with Crippen molar-refractivity contribution >= 4 is 34.0 Å². The van der Waals surface area contributed by atoms with Crippen molar-refractivity contribution in [2.75, 3.05) is 45.4 Å². The van der Waals surface area contributed by atoms with Crippen molar-refractivity contribution in [3.63, 3.8) is 0 Å². The summed E-state index contributed by atoms with van der Waals surface area (Å²) in [7, 11) is 1.75. The van der Waals surface area contributed by atoms with Crippen molar-refractivity contribution in [1.29, 1.82) is 0 Å². The molecule has 2 unspecified atom stereocenters. The predicted molar refractivity (Wildman–Crippen MR) is 135 cm³/mol. The van der Waals surface area contributed by atoms with E-state index in [1.165, 1.54) is 6.92 Å². The quantitative estimate of drug-likeness (QED) is 0.412. The van der Waals surface area contributed by atoms with Gasteiger partial charge in [0.05, 0.1) is 41.7 Å². The Labute approximate surface area is 209 Å². The minimum Gasteiger partial charge on any atom is -0.497 e. The zero-order valence-corrected chi connectivity index (χ0v) is 21.9. The van der Waals surface area contributed by atoms with Gasteiger partial charge in [-0.25, -0.2) is 0 Å². The van der Waals surface area contributed by atoms with Crippen LogP contribution in [0.3, 0.4) is 0 Å². The number of rotatable bonds is 11. The first-order chi connectivity index (χ1) is 16.3. The molecule has 0 aromatic heterocycles. The molecule has 0 saturated heterocycles. The minimum absolute atomic E-state index is 0.209. The second-order valence-corrected chi connectivity index (χ2v) is 10.3. The highest BCUT2D eigenvalue weighted by Gasteiger charge is 2.41. The molecule has 2 atom stereocenters. The van der Waals surface area contributed by atoms with Crippen LogP contribution in [-0.2, 0) is 20.3 Å². The lowest BCUT2D eigenvalue weighted by atomic mass is 10.1. The molecule has 1 aliphatic rings. The Balaban J connectivity index is 1.84. The third-order valence-corrected chi connectivity index (χ3v) is 7.68. The second kappa shape index (κ2) is 12.0. The van der Waals surface area contributed by atoms with Crippen molar-refractivity contribution in [2.24, 2.45) is 0 Å². The summed E-state index contributed by atoms with van der Waals surface area (Å²) in [5.41, 5.74) is 1.24. The molecule has 1 amide bonds. The van der Waals surface area contributed by atoms with E-state index in [4.69, 9.17) is 25.8 Å². The van der Waals surface area contributed by atoms with Gasteiger partial charge in [0.1, 0.15) is 16.9 Å². The Bertz CT molecular complexity index is 1030. The number of carbonyl (C=O) groups is 1. The highest BCUT2D eigenvalue weighted by atomic mass is 35.5. The summed E-state index contributed by atoms with van der Waals surface area (Å²) in [6, 6.07) is 10.9. The Morgan fingerprint density at radius 1 is 1.15 bits per heavy atom. The topological polar surface area (TPSA) is 68.3 Å². The first-order valence-electron chi connectivity index (χ1n) is 11.3. The maximum absolute atomic E-state index is 13.6. The Morgan fingerprint density at radius 2 is 1.91 bits per heavy atom. The van der Waals surface area contributed by atoms with Gasteiger partial charge in [-0.05, 0) is 56.7 Å². The highest BCUT2D eigenvalue weighted by molar-refractivity contribution is 7.86. The van der Waals surface area contributed by atoms with Gasteiger partial charge in [0, 0.05) is 43.8 Å².